The van der Waals surface area contributed by atoms with Gasteiger partial charge in [-0.05, 0) is 0 Å². The lowest BCUT2D eigenvalue weighted by atomic mass is 10.2. The van der Waals surface area contributed by atoms with E-state index in [4.69, 9.17) is 18.0 Å². The molecule has 1 aromatic heterocycles. The van der Waals surface area contributed by atoms with Gasteiger partial charge in [-0.15, -0.1) is 0 Å². The van der Waals surface area contributed by atoms with Gasteiger partial charge < -0.3 is 10.7 Å². The standard InChI is InChI=1S/C10H9N3S/c11-9(14)8-6-12-10(13-8)7-4-2-1-3-5-7/h1-6H,(H2,11,14)(H,12,13). The van der Waals surface area contributed by atoms with Gasteiger partial charge in [0.05, 0.1) is 11.9 Å². The van der Waals surface area contributed by atoms with Crippen LogP contribution in [0.25, 0.3) is 11.4 Å². The lowest BCUT2D eigenvalue weighted by Gasteiger charge is -1.94. The van der Waals surface area contributed by atoms with Gasteiger partial charge in [0.25, 0.3) is 0 Å². The second-order valence-corrected chi connectivity index (χ2v) is 3.32. The van der Waals surface area contributed by atoms with E-state index in [1.807, 2.05) is 30.3 Å². The highest BCUT2D eigenvalue weighted by Crippen LogP contribution is 2.14. The van der Waals surface area contributed by atoms with Gasteiger partial charge in [-0.2, -0.15) is 0 Å². The zero-order valence-corrected chi connectivity index (χ0v) is 8.21. The van der Waals surface area contributed by atoms with Crippen molar-refractivity contribution in [2.24, 2.45) is 5.73 Å². The number of nitrogens with zero attached hydrogens (tertiary/aromatic N) is 1. The lowest BCUT2D eigenvalue weighted by Crippen LogP contribution is -2.09. The van der Waals surface area contributed by atoms with Gasteiger partial charge in [-0.25, -0.2) is 4.98 Å². The van der Waals surface area contributed by atoms with E-state index in [0.717, 1.165) is 11.4 Å². The molecule has 2 rings (SSSR count). The van der Waals surface area contributed by atoms with Crippen LogP contribution >= 0.6 is 12.2 Å². The minimum absolute atomic E-state index is 0.333. The summed E-state index contributed by atoms with van der Waals surface area (Å²) >= 11 is 4.83. The van der Waals surface area contributed by atoms with Gasteiger partial charge in [-0.3, -0.25) is 0 Å². The number of nitrogens with one attached hydrogen (secondary N) is 1. The third-order valence-electron chi connectivity index (χ3n) is 1.89. The summed E-state index contributed by atoms with van der Waals surface area (Å²) in [5.41, 5.74) is 7.18. The molecule has 70 valence electrons. The number of thiocarbonyl (C=S) groups is 1. The molecule has 0 spiro atoms. The van der Waals surface area contributed by atoms with Gasteiger partial charge in [0.15, 0.2) is 0 Å². The predicted octanol–water partition coefficient (Wildman–Crippen LogP) is 1.71. The number of imidazole rings is 1. The zero-order valence-electron chi connectivity index (χ0n) is 7.40. The van der Waals surface area contributed by atoms with Crippen LogP contribution in [0.5, 0.6) is 0 Å². The predicted molar refractivity (Wildman–Crippen MR) is 59.9 cm³/mol. The number of H-pyrrole nitrogens is 1. The smallest absolute Gasteiger partial charge is 0.137 e. The van der Waals surface area contributed by atoms with E-state index in [9.17, 15) is 0 Å². The van der Waals surface area contributed by atoms with Crippen LogP contribution in [0.15, 0.2) is 36.5 Å². The van der Waals surface area contributed by atoms with Crippen LogP contribution in [0.1, 0.15) is 5.69 Å². The summed E-state index contributed by atoms with van der Waals surface area (Å²) in [6, 6.07) is 9.82. The summed E-state index contributed by atoms with van der Waals surface area (Å²) in [5, 5.41) is 0. The summed E-state index contributed by atoms with van der Waals surface area (Å²) in [7, 11) is 0. The fourth-order valence-electron chi connectivity index (χ4n) is 1.19. The normalized spacial score (nSPS) is 10.0. The molecule has 0 aliphatic carbocycles. The maximum atomic E-state index is 5.47. The molecule has 0 unspecified atom stereocenters. The molecule has 1 aromatic carbocycles. The summed E-state index contributed by atoms with van der Waals surface area (Å²) in [6.45, 7) is 0. The Morgan fingerprint density at radius 2 is 2.00 bits per heavy atom. The van der Waals surface area contributed by atoms with Gasteiger partial charge in [0, 0.05) is 5.56 Å². The minimum Gasteiger partial charge on any atom is -0.388 e. The molecule has 14 heavy (non-hydrogen) atoms. The lowest BCUT2D eigenvalue weighted by molar-refractivity contribution is 1.30. The first-order valence-corrected chi connectivity index (χ1v) is 4.58. The van der Waals surface area contributed by atoms with Crippen molar-refractivity contribution in [1.82, 2.24) is 9.97 Å². The van der Waals surface area contributed by atoms with Gasteiger partial charge in [0.2, 0.25) is 0 Å². The minimum atomic E-state index is 0.333. The van der Waals surface area contributed by atoms with Crippen LogP contribution in [-0.4, -0.2) is 15.0 Å². The number of hydrogen-bond acceptors (Lipinski definition) is 2. The molecule has 0 atom stereocenters. The van der Waals surface area contributed by atoms with Crippen molar-refractivity contribution < 1.29 is 0 Å². The second kappa shape index (κ2) is 3.59. The summed E-state index contributed by atoms with van der Waals surface area (Å²) < 4.78 is 0. The zero-order chi connectivity index (χ0) is 9.97. The molecule has 0 aliphatic rings. The molecule has 0 saturated carbocycles. The quantitative estimate of drug-likeness (QED) is 0.730. The summed E-state index contributed by atoms with van der Waals surface area (Å²) in [4.78, 5) is 7.57. The highest BCUT2D eigenvalue weighted by atomic mass is 32.1. The van der Waals surface area contributed by atoms with E-state index in [1.165, 1.54) is 0 Å². The second-order valence-electron chi connectivity index (χ2n) is 2.88. The molecule has 0 bridgehead atoms. The fraction of sp³-hybridized carbons (Fsp3) is 0. The number of rotatable bonds is 2. The number of aromatic nitrogens is 2. The molecule has 0 saturated heterocycles. The molecular formula is C10H9N3S. The first-order chi connectivity index (χ1) is 6.77. The van der Waals surface area contributed by atoms with Crippen molar-refractivity contribution in [3.8, 4) is 11.4 Å². The number of benzene rings is 1. The van der Waals surface area contributed by atoms with Crippen LogP contribution < -0.4 is 5.73 Å². The number of nitrogens with two attached hydrogens (primary N) is 1. The third kappa shape index (κ3) is 1.65. The first kappa shape index (κ1) is 8.90. The SMILES string of the molecule is NC(=S)c1cnc(-c2ccccc2)[nH]1. The number of hydrogen-bond donors (Lipinski definition) is 2. The molecule has 0 amide bonds. The third-order valence-corrected chi connectivity index (χ3v) is 2.11. The summed E-state index contributed by atoms with van der Waals surface area (Å²) in [6.07, 6.45) is 1.64. The average Bonchev–Trinajstić information content (AvgIpc) is 2.68. The van der Waals surface area contributed by atoms with Crippen LogP contribution in [0.3, 0.4) is 0 Å². The van der Waals surface area contributed by atoms with Crippen LogP contribution in [0.2, 0.25) is 0 Å². The Kier molecular flexibility index (Phi) is 2.28. The highest BCUT2D eigenvalue weighted by molar-refractivity contribution is 7.80. The fourth-order valence-corrected chi connectivity index (χ4v) is 1.29. The molecule has 0 aliphatic heterocycles. The van der Waals surface area contributed by atoms with Crippen molar-refractivity contribution >= 4 is 17.2 Å². The van der Waals surface area contributed by atoms with E-state index in [-0.39, 0.29) is 0 Å². The molecule has 0 radical (unpaired) electrons. The Balaban J connectivity index is 2.39. The Hall–Kier alpha value is -1.68. The summed E-state index contributed by atoms with van der Waals surface area (Å²) in [5.74, 6) is 0.786. The van der Waals surface area contributed by atoms with Crippen LogP contribution in [-0.2, 0) is 0 Å². The molecular weight excluding hydrogens is 194 g/mol. The van der Waals surface area contributed by atoms with Crippen molar-refractivity contribution in [2.75, 3.05) is 0 Å². The van der Waals surface area contributed by atoms with E-state index in [0.29, 0.717) is 10.7 Å². The Labute approximate surface area is 87.0 Å². The molecule has 1 heterocycles. The maximum Gasteiger partial charge on any atom is 0.137 e. The Bertz CT molecular complexity index is 447. The largest absolute Gasteiger partial charge is 0.388 e. The molecule has 4 heteroatoms. The highest BCUT2D eigenvalue weighted by Gasteiger charge is 2.03. The van der Waals surface area contributed by atoms with Gasteiger partial charge in [0.1, 0.15) is 10.8 Å². The van der Waals surface area contributed by atoms with Gasteiger partial charge >= 0.3 is 0 Å². The van der Waals surface area contributed by atoms with Crippen molar-refractivity contribution in [1.29, 1.82) is 0 Å². The molecule has 3 N–H and O–H groups in total. The van der Waals surface area contributed by atoms with Crippen LogP contribution in [0.4, 0.5) is 0 Å². The van der Waals surface area contributed by atoms with Crippen LogP contribution in [0, 0.1) is 0 Å². The first-order valence-electron chi connectivity index (χ1n) is 4.17. The molecule has 0 fully saturated rings. The average molecular weight is 203 g/mol. The van der Waals surface area contributed by atoms with Gasteiger partial charge in [-0.1, -0.05) is 42.5 Å². The van der Waals surface area contributed by atoms with E-state index < -0.39 is 0 Å². The van der Waals surface area contributed by atoms with E-state index in [1.54, 1.807) is 6.20 Å². The van der Waals surface area contributed by atoms with E-state index >= 15 is 0 Å². The topological polar surface area (TPSA) is 54.7 Å². The van der Waals surface area contributed by atoms with Crippen molar-refractivity contribution in [3.63, 3.8) is 0 Å². The number of aromatic amines is 1. The van der Waals surface area contributed by atoms with Crippen molar-refractivity contribution in [2.45, 2.75) is 0 Å². The monoisotopic (exact) mass is 203 g/mol. The Morgan fingerprint density at radius 1 is 1.29 bits per heavy atom. The van der Waals surface area contributed by atoms with Crippen molar-refractivity contribution in [3.05, 3.63) is 42.2 Å². The van der Waals surface area contributed by atoms with E-state index in [2.05, 4.69) is 9.97 Å². The Morgan fingerprint density at radius 3 is 2.57 bits per heavy atom. The molecule has 2 aromatic rings. The molecule has 3 nitrogen and oxygen atoms in total. The maximum absolute atomic E-state index is 5.47.